The highest BCUT2D eigenvalue weighted by molar-refractivity contribution is 5.95. The van der Waals surface area contributed by atoms with Gasteiger partial charge >= 0.3 is 11.4 Å². The molecule has 9 nitrogen and oxygen atoms in total. The number of amides is 1. The van der Waals surface area contributed by atoms with E-state index in [0.29, 0.717) is 17.9 Å². The number of carbonyl (C=O) groups excluding carboxylic acids is 1. The maximum absolute atomic E-state index is 12.4. The Balaban J connectivity index is 1.21. The lowest BCUT2D eigenvalue weighted by atomic mass is 9.97. The topological polar surface area (TPSA) is 127 Å². The zero-order chi connectivity index (χ0) is 26.0. The average molecular weight is 502 g/mol. The zero-order valence-electron chi connectivity index (χ0n) is 20.3. The van der Waals surface area contributed by atoms with Crippen LogP contribution in [-0.4, -0.2) is 32.9 Å². The van der Waals surface area contributed by atoms with Crippen LogP contribution >= 0.6 is 0 Å². The van der Waals surface area contributed by atoms with Gasteiger partial charge in [-0.1, -0.05) is 36.4 Å². The van der Waals surface area contributed by atoms with Crippen LogP contribution in [0.25, 0.3) is 11.1 Å². The summed E-state index contributed by atoms with van der Waals surface area (Å²) >= 11 is 0. The number of rotatable bonds is 9. The molecule has 0 saturated heterocycles. The first-order chi connectivity index (χ1) is 17.8. The first-order valence-electron chi connectivity index (χ1n) is 12.0. The third-order valence-corrected chi connectivity index (χ3v) is 6.42. The van der Waals surface area contributed by atoms with Crippen molar-refractivity contribution in [2.75, 3.05) is 6.54 Å². The largest absolute Gasteiger partial charge is 0.489 e. The van der Waals surface area contributed by atoms with Crippen LogP contribution in [0.4, 0.5) is 0 Å². The molecule has 9 heteroatoms. The van der Waals surface area contributed by atoms with Crippen LogP contribution in [0, 0.1) is 6.92 Å². The van der Waals surface area contributed by atoms with Gasteiger partial charge in [0.2, 0.25) is 0 Å². The summed E-state index contributed by atoms with van der Waals surface area (Å²) in [5.74, 6) is -0.305. The molecule has 0 unspecified atom stereocenters. The van der Waals surface area contributed by atoms with Gasteiger partial charge in [0.05, 0.1) is 12.1 Å². The van der Waals surface area contributed by atoms with Gasteiger partial charge in [-0.2, -0.15) is 0 Å². The Hall–Kier alpha value is -4.37. The zero-order valence-corrected chi connectivity index (χ0v) is 20.3. The second-order valence-corrected chi connectivity index (χ2v) is 9.42. The van der Waals surface area contributed by atoms with Gasteiger partial charge in [-0.05, 0) is 77.9 Å². The molecule has 0 spiro atoms. The molecule has 4 aromatic rings. The Bertz CT molecular complexity index is 1540. The number of aliphatic hydroxyl groups is 1. The normalized spacial score (nSPS) is 13.8. The van der Waals surface area contributed by atoms with E-state index in [2.05, 4.69) is 16.4 Å². The maximum Gasteiger partial charge on any atom is 0.440 e. The molecular formula is C28H27N3O6. The summed E-state index contributed by atoms with van der Waals surface area (Å²) in [5.41, 5.74) is 4.04. The Morgan fingerprint density at radius 2 is 1.86 bits per heavy atom. The van der Waals surface area contributed by atoms with E-state index in [1.54, 1.807) is 30.3 Å². The molecule has 5 rings (SSSR count). The number of aromatic amines is 1. The van der Waals surface area contributed by atoms with Crippen LogP contribution in [0.15, 0.2) is 80.8 Å². The highest BCUT2D eigenvalue weighted by atomic mass is 16.5. The number of hydrogen-bond acceptors (Lipinski definition) is 6. The fraction of sp³-hybridized carbons (Fsp3) is 0.250. The number of aromatic nitrogens is 2. The molecular weight excluding hydrogens is 474 g/mol. The molecule has 1 saturated carbocycles. The summed E-state index contributed by atoms with van der Waals surface area (Å²) in [6.45, 7) is 2.75. The molecule has 1 aliphatic rings. The molecule has 0 aliphatic heterocycles. The van der Waals surface area contributed by atoms with Crippen LogP contribution in [0.3, 0.4) is 0 Å². The van der Waals surface area contributed by atoms with Gasteiger partial charge in [0.15, 0.2) is 0 Å². The number of ether oxygens (including phenoxy) is 1. The summed E-state index contributed by atoms with van der Waals surface area (Å²) in [6.07, 6.45) is 1.46. The second-order valence-electron chi connectivity index (χ2n) is 9.42. The van der Waals surface area contributed by atoms with Crippen molar-refractivity contribution in [3.63, 3.8) is 0 Å². The Labute approximate surface area is 212 Å². The molecule has 1 aromatic heterocycles. The van der Waals surface area contributed by atoms with Gasteiger partial charge in [0.1, 0.15) is 12.4 Å². The quantitative estimate of drug-likeness (QED) is 0.324. The third-order valence-electron chi connectivity index (χ3n) is 6.42. The van der Waals surface area contributed by atoms with E-state index in [9.17, 15) is 19.5 Å². The molecule has 1 amide bonds. The molecule has 3 aromatic carbocycles. The standard InChI is InChI=1S/C28H27N3O6/c1-18-13-22(25(32)29-17-28(35)11-12-28)7-10-24(18)21-4-2-3-20(14-21)16-36-23-8-5-19(6-9-23)15-31-26(33)30-27(34)37-31/h2-10,13-14,35H,11-12,15-17H2,1H3,(H,29,32)(H,30,33,34). The van der Waals surface area contributed by atoms with Crippen molar-refractivity contribution >= 4 is 5.91 Å². The Morgan fingerprint density at radius 1 is 1.08 bits per heavy atom. The van der Waals surface area contributed by atoms with Crippen molar-refractivity contribution in [1.29, 1.82) is 0 Å². The molecule has 190 valence electrons. The van der Waals surface area contributed by atoms with E-state index in [0.717, 1.165) is 45.4 Å². The van der Waals surface area contributed by atoms with Gasteiger partial charge in [-0.3, -0.25) is 4.79 Å². The van der Waals surface area contributed by atoms with Gasteiger partial charge in [-0.25, -0.2) is 14.6 Å². The number of nitrogens with one attached hydrogen (secondary N) is 2. The molecule has 1 aliphatic carbocycles. The molecule has 3 N–H and O–H groups in total. The number of hydrogen-bond donors (Lipinski definition) is 3. The second kappa shape index (κ2) is 9.94. The smallest absolute Gasteiger partial charge is 0.440 e. The predicted octanol–water partition coefficient (Wildman–Crippen LogP) is 2.99. The molecule has 37 heavy (non-hydrogen) atoms. The van der Waals surface area contributed by atoms with E-state index < -0.39 is 17.0 Å². The minimum Gasteiger partial charge on any atom is -0.489 e. The lowest BCUT2D eigenvalue weighted by molar-refractivity contribution is 0.0896. The summed E-state index contributed by atoms with van der Waals surface area (Å²) in [5, 5.41) is 12.7. The molecule has 0 atom stereocenters. The minimum atomic E-state index is -0.784. The van der Waals surface area contributed by atoms with Crippen LogP contribution in [-0.2, 0) is 13.2 Å². The van der Waals surface area contributed by atoms with Gasteiger partial charge < -0.3 is 19.7 Å². The number of carbonyl (C=O) groups is 1. The van der Waals surface area contributed by atoms with Crippen LogP contribution in [0.2, 0.25) is 0 Å². The predicted molar refractivity (Wildman–Crippen MR) is 137 cm³/mol. The molecule has 1 fully saturated rings. The summed E-state index contributed by atoms with van der Waals surface area (Å²) in [4.78, 5) is 37.2. The van der Waals surface area contributed by atoms with Crippen molar-refractivity contribution in [2.45, 2.75) is 38.5 Å². The van der Waals surface area contributed by atoms with Crippen LogP contribution in [0.5, 0.6) is 5.75 Å². The van der Waals surface area contributed by atoms with Crippen molar-refractivity contribution < 1.29 is 19.2 Å². The monoisotopic (exact) mass is 501 g/mol. The first kappa shape index (κ1) is 24.3. The molecule has 1 heterocycles. The maximum atomic E-state index is 12.4. The summed E-state index contributed by atoms with van der Waals surface area (Å²) in [7, 11) is 0. The SMILES string of the molecule is Cc1cc(C(=O)NCC2(O)CC2)ccc1-c1cccc(COc2ccc(Cn3oc(=O)[nH]c3=O)cc2)c1. The lowest BCUT2D eigenvalue weighted by Crippen LogP contribution is -2.33. The van der Waals surface area contributed by atoms with E-state index in [1.807, 2.05) is 37.3 Å². The van der Waals surface area contributed by atoms with E-state index in [1.165, 1.54) is 0 Å². The van der Waals surface area contributed by atoms with Crippen LogP contribution in [0.1, 0.15) is 39.9 Å². The third kappa shape index (κ3) is 5.90. The average Bonchev–Trinajstić information content (AvgIpc) is 3.55. The van der Waals surface area contributed by atoms with Crippen molar-refractivity contribution in [1.82, 2.24) is 15.0 Å². The van der Waals surface area contributed by atoms with Crippen molar-refractivity contribution in [3.05, 3.63) is 110 Å². The summed E-state index contributed by atoms with van der Waals surface area (Å²) in [6, 6.07) is 20.8. The van der Waals surface area contributed by atoms with Gasteiger partial charge in [0.25, 0.3) is 5.91 Å². The Kier molecular flexibility index (Phi) is 6.54. The minimum absolute atomic E-state index is 0.141. The molecule has 0 bridgehead atoms. The number of nitrogens with zero attached hydrogens (tertiary/aromatic N) is 1. The molecule has 0 radical (unpaired) electrons. The van der Waals surface area contributed by atoms with E-state index in [-0.39, 0.29) is 19.0 Å². The first-order valence-corrected chi connectivity index (χ1v) is 12.0. The fourth-order valence-electron chi connectivity index (χ4n) is 4.07. The number of H-pyrrole nitrogens is 1. The van der Waals surface area contributed by atoms with E-state index >= 15 is 0 Å². The highest BCUT2D eigenvalue weighted by Crippen LogP contribution is 2.34. The Morgan fingerprint density at radius 3 is 2.54 bits per heavy atom. The van der Waals surface area contributed by atoms with Gasteiger partial charge in [-0.15, -0.1) is 4.74 Å². The summed E-state index contributed by atoms with van der Waals surface area (Å²) < 4.78 is 11.7. The van der Waals surface area contributed by atoms with Crippen LogP contribution < -0.4 is 21.5 Å². The highest BCUT2D eigenvalue weighted by Gasteiger charge is 2.40. The number of aryl methyl sites for hydroxylation is 1. The van der Waals surface area contributed by atoms with Crippen molar-refractivity contribution in [3.8, 4) is 16.9 Å². The van der Waals surface area contributed by atoms with Gasteiger partial charge in [0, 0.05) is 12.1 Å². The number of benzene rings is 3. The lowest BCUT2D eigenvalue weighted by Gasteiger charge is -2.13. The van der Waals surface area contributed by atoms with Crippen molar-refractivity contribution in [2.24, 2.45) is 0 Å². The van der Waals surface area contributed by atoms with E-state index in [4.69, 9.17) is 9.26 Å². The fourth-order valence-corrected chi connectivity index (χ4v) is 4.07.